The largest absolute Gasteiger partial charge is 0.480 e. The van der Waals surface area contributed by atoms with Crippen molar-refractivity contribution in [2.24, 2.45) is 5.73 Å². The Kier molecular flexibility index (Phi) is 7.66. The van der Waals surface area contributed by atoms with Gasteiger partial charge in [-0.05, 0) is 29.9 Å². The van der Waals surface area contributed by atoms with E-state index in [1.165, 1.54) is 11.8 Å². The predicted molar refractivity (Wildman–Crippen MR) is 107 cm³/mol. The lowest BCUT2D eigenvalue weighted by Gasteiger charge is -2.35. The third kappa shape index (κ3) is 4.67. The molecule has 2 aliphatic rings. The Morgan fingerprint density at radius 2 is 1.96 bits per heavy atom. The minimum Gasteiger partial charge on any atom is -0.480 e. The smallest absolute Gasteiger partial charge is 0.324 e. The predicted octanol–water partition coefficient (Wildman–Crippen LogP) is 1.86. The van der Waals surface area contributed by atoms with Crippen LogP contribution in [-0.4, -0.2) is 50.8 Å². The molecule has 0 bridgehead atoms. The first kappa shape index (κ1) is 21.4. The number of hydrogen-bond acceptors (Lipinski definition) is 7. The summed E-state index contributed by atoms with van der Waals surface area (Å²) < 4.78 is 5.18. The van der Waals surface area contributed by atoms with Crippen LogP contribution in [0.3, 0.4) is 0 Å². The molecule has 9 heteroatoms. The lowest BCUT2D eigenvalue weighted by Crippen LogP contribution is -2.53. The van der Waals surface area contributed by atoms with Crippen molar-refractivity contribution < 1.29 is 19.4 Å². The Hall–Kier alpha value is -0.930. The maximum atomic E-state index is 12.7. The van der Waals surface area contributed by atoms with Crippen molar-refractivity contribution in [3.8, 4) is 0 Å². The van der Waals surface area contributed by atoms with Gasteiger partial charge in [-0.25, -0.2) is 0 Å². The number of thioether (sulfide) groups is 2. The number of nitrogens with two attached hydrogens (primary N) is 1. The molecule has 3 atom stereocenters. The fourth-order valence-electron chi connectivity index (χ4n) is 3.20. The summed E-state index contributed by atoms with van der Waals surface area (Å²) >= 11 is 3.35. The molecule has 0 saturated carbocycles. The average molecular weight is 419 g/mol. The molecule has 3 unspecified atom stereocenters. The van der Waals surface area contributed by atoms with Gasteiger partial charge in [-0.15, -0.1) is 24.2 Å². The number of benzene rings is 1. The lowest BCUT2D eigenvalue weighted by atomic mass is 9.92. The highest BCUT2D eigenvalue weighted by molar-refractivity contribution is 8.02. The first-order valence-electron chi connectivity index (χ1n) is 8.22. The normalized spacial score (nSPS) is 25.3. The van der Waals surface area contributed by atoms with Crippen molar-refractivity contribution in [3.63, 3.8) is 0 Å². The van der Waals surface area contributed by atoms with Crippen LogP contribution in [0.2, 0.25) is 0 Å². The van der Waals surface area contributed by atoms with Gasteiger partial charge >= 0.3 is 11.9 Å². The number of aliphatic carboxylic acids is 1. The van der Waals surface area contributed by atoms with Gasteiger partial charge in [0.1, 0.15) is 18.7 Å². The standard InChI is InChI=1S/C17H22N2O4S2.ClH/c18-12(15(20)21)14-19-13(17(25-14)6-8-24-9-7-17)16(22)23-10-11-4-2-1-3-5-11;/h1-5,12-14,19H,6-10,18H2,(H,20,21);1H. The van der Waals surface area contributed by atoms with Crippen LogP contribution in [0.1, 0.15) is 18.4 Å². The second-order valence-corrected chi connectivity index (χ2v) is 9.05. The molecular weight excluding hydrogens is 396 g/mol. The number of carboxylic acid groups (broad SMARTS) is 1. The molecule has 3 rings (SSSR count). The second kappa shape index (κ2) is 9.32. The Labute approximate surface area is 167 Å². The Balaban J connectivity index is 0.00000243. The van der Waals surface area contributed by atoms with Crippen LogP contribution < -0.4 is 11.1 Å². The quantitative estimate of drug-likeness (QED) is 0.623. The topological polar surface area (TPSA) is 102 Å². The summed E-state index contributed by atoms with van der Waals surface area (Å²) in [5.41, 5.74) is 6.72. The molecule has 0 radical (unpaired) electrons. The van der Waals surface area contributed by atoms with Gasteiger partial charge in [-0.1, -0.05) is 30.3 Å². The number of halogens is 1. The Morgan fingerprint density at radius 1 is 1.31 bits per heavy atom. The number of hydrogen-bond donors (Lipinski definition) is 3. The number of rotatable bonds is 5. The highest BCUT2D eigenvalue weighted by Gasteiger charge is 2.54. The van der Waals surface area contributed by atoms with Crippen LogP contribution in [0.25, 0.3) is 0 Å². The summed E-state index contributed by atoms with van der Waals surface area (Å²) in [6.45, 7) is 0.211. The van der Waals surface area contributed by atoms with E-state index < -0.39 is 23.4 Å². The van der Waals surface area contributed by atoms with Gasteiger partial charge in [0.2, 0.25) is 0 Å². The van der Waals surface area contributed by atoms with Gasteiger partial charge in [-0.2, -0.15) is 11.8 Å². The van der Waals surface area contributed by atoms with Gasteiger partial charge in [0.15, 0.2) is 0 Å². The summed E-state index contributed by atoms with van der Waals surface area (Å²) in [6, 6.07) is 7.93. The van der Waals surface area contributed by atoms with E-state index in [0.717, 1.165) is 29.9 Å². The Morgan fingerprint density at radius 3 is 2.58 bits per heavy atom. The minimum absolute atomic E-state index is 0. The third-order valence-electron chi connectivity index (χ3n) is 4.63. The van der Waals surface area contributed by atoms with Crippen molar-refractivity contribution >= 4 is 47.9 Å². The van der Waals surface area contributed by atoms with Crippen LogP contribution in [0.15, 0.2) is 30.3 Å². The molecule has 2 fully saturated rings. The minimum atomic E-state index is -1.07. The molecule has 0 aliphatic carbocycles. The van der Waals surface area contributed by atoms with Gasteiger partial charge in [-0.3, -0.25) is 14.9 Å². The lowest BCUT2D eigenvalue weighted by molar-refractivity contribution is -0.148. The maximum Gasteiger partial charge on any atom is 0.324 e. The van der Waals surface area contributed by atoms with Crippen LogP contribution in [-0.2, 0) is 20.9 Å². The molecule has 26 heavy (non-hydrogen) atoms. The molecule has 6 nitrogen and oxygen atoms in total. The highest BCUT2D eigenvalue weighted by Crippen LogP contribution is 2.48. The molecule has 144 valence electrons. The van der Waals surface area contributed by atoms with Crippen molar-refractivity contribution in [2.75, 3.05) is 11.5 Å². The first-order chi connectivity index (χ1) is 12.0. The average Bonchev–Trinajstić information content (AvgIpc) is 2.99. The van der Waals surface area contributed by atoms with Gasteiger partial charge in [0, 0.05) is 4.75 Å². The van der Waals surface area contributed by atoms with Crippen LogP contribution in [0.5, 0.6) is 0 Å². The van der Waals surface area contributed by atoms with E-state index in [1.54, 1.807) is 0 Å². The summed E-state index contributed by atoms with van der Waals surface area (Å²) in [7, 11) is 0. The summed E-state index contributed by atoms with van der Waals surface area (Å²) in [5.74, 6) is 0.505. The number of ether oxygens (including phenoxy) is 1. The molecule has 2 saturated heterocycles. The zero-order chi connectivity index (χ0) is 17.9. The number of carbonyl (C=O) groups excluding carboxylic acids is 1. The third-order valence-corrected chi connectivity index (χ3v) is 7.41. The number of carboxylic acids is 1. The zero-order valence-electron chi connectivity index (χ0n) is 14.1. The van der Waals surface area contributed by atoms with Crippen molar-refractivity contribution in [2.45, 2.75) is 41.7 Å². The fourth-order valence-corrected chi connectivity index (χ4v) is 6.39. The van der Waals surface area contributed by atoms with E-state index in [9.17, 15) is 14.7 Å². The summed E-state index contributed by atoms with van der Waals surface area (Å²) in [4.78, 5) is 24.0. The summed E-state index contributed by atoms with van der Waals surface area (Å²) in [6.07, 6.45) is 1.67. The molecule has 1 aromatic rings. The summed E-state index contributed by atoms with van der Waals surface area (Å²) in [5, 5.41) is 11.9. The van der Waals surface area contributed by atoms with Crippen molar-refractivity contribution in [1.29, 1.82) is 0 Å². The van der Waals surface area contributed by atoms with E-state index in [4.69, 9.17) is 10.5 Å². The van der Waals surface area contributed by atoms with Crippen molar-refractivity contribution in [1.82, 2.24) is 5.32 Å². The molecular formula is C17H23ClN2O4S2. The fraction of sp³-hybridized carbons (Fsp3) is 0.529. The van der Waals surface area contributed by atoms with E-state index >= 15 is 0 Å². The first-order valence-corrected chi connectivity index (χ1v) is 10.3. The molecule has 0 amide bonds. The van der Waals surface area contributed by atoms with E-state index in [1.807, 2.05) is 42.1 Å². The molecule has 1 aromatic carbocycles. The van der Waals surface area contributed by atoms with Crippen molar-refractivity contribution in [3.05, 3.63) is 35.9 Å². The van der Waals surface area contributed by atoms with Gasteiger partial charge < -0.3 is 15.6 Å². The number of esters is 1. The zero-order valence-corrected chi connectivity index (χ0v) is 16.6. The maximum absolute atomic E-state index is 12.7. The van der Waals surface area contributed by atoms with Gasteiger partial charge in [0.05, 0.1) is 5.37 Å². The monoisotopic (exact) mass is 418 g/mol. The van der Waals surface area contributed by atoms with E-state index in [0.29, 0.717) is 0 Å². The molecule has 4 N–H and O–H groups in total. The Bertz CT molecular complexity index is 628. The number of carbonyl (C=O) groups is 2. The van der Waals surface area contributed by atoms with E-state index in [-0.39, 0.29) is 29.7 Å². The second-order valence-electron chi connectivity index (χ2n) is 6.27. The number of nitrogens with one attached hydrogen (secondary N) is 1. The van der Waals surface area contributed by atoms with E-state index in [2.05, 4.69) is 5.32 Å². The molecule has 2 aliphatic heterocycles. The molecule has 1 spiro atoms. The highest BCUT2D eigenvalue weighted by atomic mass is 35.5. The SMILES string of the molecule is Cl.NC(C(=O)O)C1NC(C(=O)OCc2ccccc2)C2(CCSCC2)S1. The van der Waals surface area contributed by atoms with Crippen LogP contribution >= 0.6 is 35.9 Å². The molecule has 0 aromatic heterocycles. The van der Waals surface area contributed by atoms with Crippen LogP contribution in [0.4, 0.5) is 0 Å². The van der Waals surface area contributed by atoms with Gasteiger partial charge in [0.25, 0.3) is 0 Å². The van der Waals surface area contributed by atoms with Crippen LogP contribution in [0, 0.1) is 0 Å². The molecule has 2 heterocycles.